The monoisotopic (exact) mass is 199 g/mol. The summed E-state index contributed by atoms with van der Waals surface area (Å²) in [6, 6.07) is 0.714. The summed E-state index contributed by atoms with van der Waals surface area (Å²) < 4.78 is 0. The maximum Gasteiger partial charge on any atom is 0.0434 e. The van der Waals surface area contributed by atoms with Crippen molar-refractivity contribution >= 4 is 0 Å². The topological polar surface area (TPSA) is 32.3 Å². The fourth-order valence-electron chi connectivity index (χ4n) is 2.30. The molecule has 84 valence electrons. The fraction of sp³-hybridized carbons (Fsp3) is 1.00. The molecular weight excluding hydrogens is 174 g/mol. The van der Waals surface area contributed by atoms with Crippen LogP contribution in [0.1, 0.15) is 46.5 Å². The molecule has 0 aromatic rings. The second kappa shape index (κ2) is 5.13. The van der Waals surface area contributed by atoms with E-state index in [1.807, 2.05) is 0 Å². The van der Waals surface area contributed by atoms with Gasteiger partial charge in [-0.15, -0.1) is 0 Å². The number of hydrogen-bond donors (Lipinski definition) is 2. The van der Waals surface area contributed by atoms with Crippen molar-refractivity contribution in [2.24, 2.45) is 11.3 Å². The van der Waals surface area contributed by atoms with Crippen molar-refractivity contribution in [1.29, 1.82) is 0 Å². The predicted octanol–water partition coefficient (Wildman–Crippen LogP) is 2.17. The van der Waals surface area contributed by atoms with E-state index in [2.05, 4.69) is 26.1 Å². The Morgan fingerprint density at radius 2 is 2.21 bits per heavy atom. The lowest BCUT2D eigenvalue weighted by atomic mass is 9.92. The summed E-state index contributed by atoms with van der Waals surface area (Å²) in [6.07, 6.45) is 4.89. The molecule has 0 aromatic heterocycles. The van der Waals surface area contributed by atoms with Crippen LogP contribution >= 0.6 is 0 Å². The summed E-state index contributed by atoms with van der Waals surface area (Å²) in [5.41, 5.74) is 0.540. The Balaban J connectivity index is 2.14. The van der Waals surface area contributed by atoms with Gasteiger partial charge < -0.3 is 10.4 Å². The van der Waals surface area contributed by atoms with Crippen molar-refractivity contribution in [3.05, 3.63) is 0 Å². The molecule has 2 heteroatoms. The fourth-order valence-corrected chi connectivity index (χ4v) is 2.30. The molecule has 0 saturated heterocycles. The largest absolute Gasteiger partial charge is 0.396 e. The summed E-state index contributed by atoms with van der Waals surface area (Å²) in [5, 5.41) is 12.4. The van der Waals surface area contributed by atoms with Gasteiger partial charge >= 0.3 is 0 Å². The average molecular weight is 199 g/mol. The molecule has 2 N–H and O–H groups in total. The van der Waals surface area contributed by atoms with Gasteiger partial charge in [-0.3, -0.25) is 0 Å². The Kier molecular flexibility index (Phi) is 4.39. The molecule has 0 amide bonds. The van der Waals surface area contributed by atoms with Gasteiger partial charge in [0.05, 0.1) is 0 Å². The van der Waals surface area contributed by atoms with Crippen LogP contribution in [0.15, 0.2) is 0 Å². The second-order valence-electron chi connectivity index (χ2n) is 5.63. The van der Waals surface area contributed by atoms with Gasteiger partial charge in [0.25, 0.3) is 0 Å². The minimum absolute atomic E-state index is 0.318. The van der Waals surface area contributed by atoms with Crippen LogP contribution in [0.25, 0.3) is 0 Å². The lowest BCUT2D eigenvalue weighted by Crippen LogP contribution is -2.31. The third-order valence-electron chi connectivity index (χ3n) is 3.35. The molecule has 1 aliphatic rings. The maximum atomic E-state index is 8.78. The van der Waals surface area contributed by atoms with Crippen molar-refractivity contribution in [1.82, 2.24) is 5.32 Å². The lowest BCUT2D eigenvalue weighted by Gasteiger charge is -2.19. The van der Waals surface area contributed by atoms with Crippen molar-refractivity contribution in [2.45, 2.75) is 52.5 Å². The third kappa shape index (κ3) is 3.97. The van der Waals surface area contributed by atoms with Crippen LogP contribution in [-0.4, -0.2) is 24.3 Å². The Morgan fingerprint density at radius 3 is 2.71 bits per heavy atom. The van der Waals surface area contributed by atoms with E-state index in [4.69, 9.17) is 5.11 Å². The zero-order valence-electron chi connectivity index (χ0n) is 9.84. The van der Waals surface area contributed by atoms with Crippen LogP contribution in [-0.2, 0) is 0 Å². The van der Waals surface area contributed by atoms with Crippen LogP contribution in [0.5, 0.6) is 0 Å². The van der Waals surface area contributed by atoms with E-state index in [0.29, 0.717) is 24.0 Å². The van der Waals surface area contributed by atoms with E-state index in [1.54, 1.807) is 0 Å². The number of nitrogens with one attached hydrogen (secondary N) is 1. The first kappa shape index (κ1) is 12.0. The van der Waals surface area contributed by atoms with E-state index >= 15 is 0 Å². The summed E-state index contributed by atoms with van der Waals surface area (Å²) in [5.74, 6) is 0.601. The molecule has 1 fully saturated rings. The first-order valence-corrected chi connectivity index (χ1v) is 5.88. The van der Waals surface area contributed by atoms with E-state index in [-0.39, 0.29) is 0 Å². The highest BCUT2D eigenvalue weighted by atomic mass is 16.3. The Hall–Kier alpha value is -0.0800. The molecule has 0 spiro atoms. The Morgan fingerprint density at radius 1 is 1.50 bits per heavy atom. The van der Waals surface area contributed by atoms with Crippen molar-refractivity contribution in [2.75, 3.05) is 13.2 Å². The molecule has 1 aliphatic carbocycles. The Bertz CT molecular complexity index is 168. The number of rotatable bonds is 5. The number of aliphatic hydroxyl groups is 1. The zero-order chi connectivity index (χ0) is 10.6. The zero-order valence-corrected chi connectivity index (χ0v) is 9.84. The van der Waals surface area contributed by atoms with E-state index < -0.39 is 0 Å². The molecule has 0 aromatic carbocycles. The van der Waals surface area contributed by atoms with Crippen LogP contribution in [0, 0.1) is 11.3 Å². The SMILES string of the molecule is CC(CCO)CNC1CCC(C)(C)C1. The van der Waals surface area contributed by atoms with Gasteiger partial charge in [0, 0.05) is 12.6 Å². The minimum atomic E-state index is 0.318. The molecule has 0 bridgehead atoms. The quantitative estimate of drug-likeness (QED) is 0.711. The smallest absolute Gasteiger partial charge is 0.0434 e. The molecule has 14 heavy (non-hydrogen) atoms. The van der Waals surface area contributed by atoms with Gasteiger partial charge in [-0.05, 0) is 43.6 Å². The lowest BCUT2D eigenvalue weighted by molar-refractivity contribution is 0.256. The highest BCUT2D eigenvalue weighted by molar-refractivity contribution is 4.86. The normalized spacial score (nSPS) is 27.9. The van der Waals surface area contributed by atoms with Gasteiger partial charge in [0.15, 0.2) is 0 Å². The van der Waals surface area contributed by atoms with Crippen LogP contribution in [0.3, 0.4) is 0 Å². The molecule has 0 aliphatic heterocycles. The van der Waals surface area contributed by atoms with Crippen molar-refractivity contribution < 1.29 is 5.11 Å². The van der Waals surface area contributed by atoms with Gasteiger partial charge in [-0.2, -0.15) is 0 Å². The van der Waals surface area contributed by atoms with E-state index in [1.165, 1.54) is 19.3 Å². The maximum absolute atomic E-state index is 8.78. The summed E-state index contributed by atoms with van der Waals surface area (Å²) in [6.45, 7) is 8.28. The molecule has 2 nitrogen and oxygen atoms in total. The van der Waals surface area contributed by atoms with Crippen LogP contribution in [0.2, 0.25) is 0 Å². The van der Waals surface area contributed by atoms with Crippen LogP contribution < -0.4 is 5.32 Å². The predicted molar refractivity (Wildman–Crippen MR) is 60.3 cm³/mol. The number of hydrogen-bond acceptors (Lipinski definition) is 2. The van der Waals surface area contributed by atoms with Gasteiger partial charge in [0.2, 0.25) is 0 Å². The first-order chi connectivity index (χ1) is 6.53. The third-order valence-corrected chi connectivity index (χ3v) is 3.35. The van der Waals surface area contributed by atoms with Crippen molar-refractivity contribution in [3.8, 4) is 0 Å². The number of aliphatic hydroxyl groups excluding tert-OH is 1. The molecule has 0 heterocycles. The highest BCUT2D eigenvalue weighted by Crippen LogP contribution is 2.36. The standard InChI is InChI=1S/C12H25NO/c1-10(5-7-14)9-13-11-4-6-12(2,3)8-11/h10-11,13-14H,4-9H2,1-3H3. The summed E-state index contributed by atoms with van der Waals surface area (Å²) in [7, 11) is 0. The summed E-state index contributed by atoms with van der Waals surface area (Å²) >= 11 is 0. The molecular formula is C12H25NO. The van der Waals surface area contributed by atoms with Crippen molar-refractivity contribution in [3.63, 3.8) is 0 Å². The second-order valence-corrected chi connectivity index (χ2v) is 5.63. The molecule has 1 rings (SSSR count). The van der Waals surface area contributed by atoms with Gasteiger partial charge in [0.1, 0.15) is 0 Å². The Labute approximate surface area is 88.1 Å². The average Bonchev–Trinajstić information content (AvgIpc) is 2.43. The molecule has 1 saturated carbocycles. The minimum Gasteiger partial charge on any atom is -0.396 e. The first-order valence-electron chi connectivity index (χ1n) is 5.88. The molecule has 0 radical (unpaired) electrons. The van der Waals surface area contributed by atoms with E-state index in [0.717, 1.165) is 13.0 Å². The summed E-state index contributed by atoms with van der Waals surface area (Å²) in [4.78, 5) is 0. The molecule has 2 atom stereocenters. The van der Waals surface area contributed by atoms with Gasteiger partial charge in [-0.25, -0.2) is 0 Å². The molecule has 2 unspecified atom stereocenters. The highest BCUT2D eigenvalue weighted by Gasteiger charge is 2.30. The van der Waals surface area contributed by atoms with Gasteiger partial charge in [-0.1, -0.05) is 20.8 Å². The van der Waals surface area contributed by atoms with E-state index in [9.17, 15) is 0 Å². The van der Waals surface area contributed by atoms with Crippen LogP contribution in [0.4, 0.5) is 0 Å².